The lowest BCUT2D eigenvalue weighted by molar-refractivity contribution is 0.243. The molecule has 2 aliphatic heterocycles. The number of nitrogens with one attached hydrogen (secondary N) is 1. The first-order valence-corrected chi connectivity index (χ1v) is 6.72. The average molecular weight is 321 g/mol. The summed E-state index contributed by atoms with van der Waals surface area (Å²) in [6, 6.07) is 2.49. The summed E-state index contributed by atoms with van der Waals surface area (Å²) in [6.07, 6.45) is 5.56. The number of hydrogen-bond acceptors (Lipinski definition) is 5. The van der Waals surface area contributed by atoms with E-state index in [1.807, 2.05) is 0 Å². The Bertz CT molecular complexity index is 421. The SMILES string of the molecule is COc1ccnc(N2CC[C@@H]3NCCC[C@@H]3C2)n1.Cl.Cl. The van der Waals surface area contributed by atoms with Gasteiger partial charge < -0.3 is 15.0 Å². The van der Waals surface area contributed by atoms with Crippen LogP contribution in [0.3, 0.4) is 0 Å². The maximum Gasteiger partial charge on any atom is 0.228 e. The van der Waals surface area contributed by atoms with E-state index in [0.717, 1.165) is 25.0 Å². The molecule has 2 saturated heterocycles. The number of anilines is 1. The third-order valence-electron chi connectivity index (χ3n) is 4.00. The lowest BCUT2D eigenvalue weighted by Gasteiger charge is -2.41. The van der Waals surface area contributed by atoms with Gasteiger partial charge in [-0.05, 0) is 31.7 Å². The van der Waals surface area contributed by atoms with Crippen LogP contribution in [0.25, 0.3) is 0 Å². The third-order valence-corrected chi connectivity index (χ3v) is 4.00. The molecule has 114 valence electrons. The fraction of sp³-hybridized carbons (Fsp3) is 0.692. The highest BCUT2D eigenvalue weighted by Gasteiger charge is 2.31. The first kappa shape index (κ1) is 17.3. The quantitative estimate of drug-likeness (QED) is 0.902. The molecule has 0 aromatic carbocycles. The maximum absolute atomic E-state index is 5.16. The van der Waals surface area contributed by atoms with Crippen molar-refractivity contribution in [1.29, 1.82) is 0 Å². The maximum atomic E-state index is 5.16. The van der Waals surface area contributed by atoms with E-state index in [1.54, 1.807) is 19.4 Å². The van der Waals surface area contributed by atoms with Crippen LogP contribution in [0.4, 0.5) is 5.95 Å². The van der Waals surface area contributed by atoms with Crippen molar-refractivity contribution in [2.24, 2.45) is 5.92 Å². The molecule has 1 aromatic heterocycles. The summed E-state index contributed by atoms with van der Waals surface area (Å²) in [7, 11) is 1.64. The zero-order valence-corrected chi connectivity index (χ0v) is 13.3. The Morgan fingerprint density at radius 1 is 1.35 bits per heavy atom. The Hall–Kier alpha value is -0.780. The standard InChI is InChI=1S/C13H20N4O.2ClH/c1-18-12-4-7-15-13(16-12)17-8-5-11-10(9-17)3-2-6-14-11;;/h4,7,10-11,14H,2-3,5-6,8-9H2,1H3;2*1H/t10-,11+;;/m1../s1. The van der Waals surface area contributed by atoms with E-state index >= 15 is 0 Å². The minimum absolute atomic E-state index is 0. The van der Waals surface area contributed by atoms with Gasteiger partial charge in [0.05, 0.1) is 7.11 Å². The van der Waals surface area contributed by atoms with Crippen LogP contribution in [0, 0.1) is 5.92 Å². The van der Waals surface area contributed by atoms with Crippen LogP contribution in [0.5, 0.6) is 5.88 Å². The van der Waals surface area contributed by atoms with Gasteiger partial charge in [-0.2, -0.15) is 4.98 Å². The molecule has 5 nitrogen and oxygen atoms in total. The molecule has 3 heterocycles. The van der Waals surface area contributed by atoms with Gasteiger partial charge >= 0.3 is 0 Å². The zero-order valence-electron chi connectivity index (χ0n) is 11.6. The smallest absolute Gasteiger partial charge is 0.228 e. The van der Waals surface area contributed by atoms with Crippen molar-refractivity contribution in [3.63, 3.8) is 0 Å². The first-order valence-electron chi connectivity index (χ1n) is 6.72. The van der Waals surface area contributed by atoms with Crippen molar-refractivity contribution in [2.45, 2.75) is 25.3 Å². The highest BCUT2D eigenvalue weighted by molar-refractivity contribution is 5.85. The Balaban J connectivity index is 0.000001000. The normalized spacial score (nSPS) is 24.9. The van der Waals surface area contributed by atoms with Crippen molar-refractivity contribution >= 4 is 30.8 Å². The number of hydrogen-bond donors (Lipinski definition) is 1. The van der Waals surface area contributed by atoms with E-state index in [0.29, 0.717) is 11.9 Å². The van der Waals surface area contributed by atoms with E-state index < -0.39 is 0 Å². The summed E-state index contributed by atoms with van der Waals surface area (Å²) in [4.78, 5) is 11.1. The average Bonchev–Trinajstić information content (AvgIpc) is 2.47. The summed E-state index contributed by atoms with van der Waals surface area (Å²) in [5, 5.41) is 3.62. The molecule has 2 fully saturated rings. The van der Waals surface area contributed by atoms with Gasteiger partial charge in [-0.15, -0.1) is 24.8 Å². The number of halogens is 2. The van der Waals surface area contributed by atoms with Gasteiger partial charge in [0.25, 0.3) is 0 Å². The molecule has 7 heteroatoms. The topological polar surface area (TPSA) is 50.3 Å². The molecular formula is C13H22Cl2N4O. The Morgan fingerprint density at radius 2 is 2.20 bits per heavy atom. The summed E-state index contributed by atoms with van der Waals surface area (Å²) in [6.45, 7) is 3.27. The van der Waals surface area contributed by atoms with Crippen molar-refractivity contribution in [3.05, 3.63) is 12.3 Å². The van der Waals surface area contributed by atoms with E-state index in [-0.39, 0.29) is 24.8 Å². The number of fused-ring (bicyclic) bond motifs is 1. The summed E-state index contributed by atoms with van der Waals surface area (Å²) in [5.74, 6) is 2.18. The van der Waals surface area contributed by atoms with Gasteiger partial charge in [-0.3, -0.25) is 0 Å². The first-order chi connectivity index (χ1) is 8.86. The molecule has 0 spiro atoms. The van der Waals surface area contributed by atoms with Gasteiger partial charge in [-0.1, -0.05) is 0 Å². The highest BCUT2D eigenvalue weighted by atomic mass is 35.5. The van der Waals surface area contributed by atoms with Crippen molar-refractivity contribution < 1.29 is 4.74 Å². The monoisotopic (exact) mass is 320 g/mol. The molecule has 0 radical (unpaired) electrons. The minimum atomic E-state index is 0. The lowest BCUT2D eigenvalue weighted by Crippen LogP contribution is -2.52. The van der Waals surface area contributed by atoms with Crippen LogP contribution in [0.2, 0.25) is 0 Å². The van der Waals surface area contributed by atoms with Crippen molar-refractivity contribution in [3.8, 4) is 5.88 Å². The Kier molecular flexibility index (Phi) is 6.79. The Morgan fingerprint density at radius 3 is 3.00 bits per heavy atom. The summed E-state index contributed by atoms with van der Waals surface area (Å²) < 4.78 is 5.16. The lowest BCUT2D eigenvalue weighted by atomic mass is 9.85. The van der Waals surface area contributed by atoms with Crippen LogP contribution in [0.15, 0.2) is 12.3 Å². The second-order valence-electron chi connectivity index (χ2n) is 5.10. The number of piperidine rings is 2. The fourth-order valence-electron chi connectivity index (χ4n) is 3.03. The van der Waals surface area contributed by atoms with Crippen LogP contribution >= 0.6 is 24.8 Å². The highest BCUT2D eigenvalue weighted by Crippen LogP contribution is 2.27. The van der Waals surface area contributed by atoms with Crippen molar-refractivity contribution in [1.82, 2.24) is 15.3 Å². The number of rotatable bonds is 2. The molecule has 0 saturated carbocycles. The minimum Gasteiger partial charge on any atom is -0.481 e. The van der Waals surface area contributed by atoms with Gasteiger partial charge in [0.1, 0.15) is 0 Å². The van der Waals surface area contributed by atoms with E-state index in [2.05, 4.69) is 20.2 Å². The number of nitrogens with zero attached hydrogens (tertiary/aromatic N) is 3. The third kappa shape index (κ3) is 3.65. The molecule has 3 rings (SSSR count). The molecule has 0 aliphatic carbocycles. The molecule has 0 amide bonds. The van der Waals surface area contributed by atoms with Gasteiger partial charge in [0.15, 0.2) is 0 Å². The molecule has 0 unspecified atom stereocenters. The molecule has 20 heavy (non-hydrogen) atoms. The Labute approximate surface area is 132 Å². The zero-order chi connectivity index (χ0) is 12.4. The van der Waals surface area contributed by atoms with Crippen LogP contribution in [-0.2, 0) is 0 Å². The summed E-state index contributed by atoms with van der Waals surface area (Å²) in [5.41, 5.74) is 0. The van der Waals surface area contributed by atoms with Crippen LogP contribution < -0.4 is 15.0 Å². The number of methoxy groups -OCH3 is 1. The van der Waals surface area contributed by atoms with E-state index in [4.69, 9.17) is 4.74 Å². The molecule has 0 bridgehead atoms. The largest absolute Gasteiger partial charge is 0.481 e. The molecule has 1 aromatic rings. The molecule has 1 N–H and O–H groups in total. The molecule has 2 atom stereocenters. The van der Waals surface area contributed by atoms with Crippen LogP contribution in [0.1, 0.15) is 19.3 Å². The van der Waals surface area contributed by atoms with Crippen molar-refractivity contribution in [2.75, 3.05) is 31.6 Å². The predicted molar refractivity (Wildman–Crippen MR) is 84.4 cm³/mol. The van der Waals surface area contributed by atoms with Gasteiger partial charge in [0.2, 0.25) is 11.8 Å². The second kappa shape index (κ2) is 7.86. The van der Waals surface area contributed by atoms with Gasteiger partial charge in [0, 0.05) is 31.4 Å². The number of aromatic nitrogens is 2. The van der Waals surface area contributed by atoms with E-state index in [9.17, 15) is 0 Å². The number of ether oxygens (including phenoxy) is 1. The molecule has 2 aliphatic rings. The van der Waals surface area contributed by atoms with E-state index in [1.165, 1.54) is 25.8 Å². The predicted octanol–water partition coefficient (Wildman–Crippen LogP) is 1.91. The molecular weight excluding hydrogens is 299 g/mol. The second-order valence-corrected chi connectivity index (χ2v) is 5.10. The fourth-order valence-corrected chi connectivity index (χ4v) is 3.03. The van der Waals surface area contributed by atoms with Gasteiger partial charge in [-0.25, -0.2) is 4.98 Å². The summed E-state index contributed by atoms with van der Waals surface area (Å²) >= 11 is 0. The van der Waals surface area contributed by atoms with Crippen LogP contribution in [-0.4, -0.2) is 42.8 Å².